The van der Waals surface area contributed by atoms with Crippen molar-refractivity contribution in [3.63, 3.8) is 0 Å². The van der Waals surface area contributed by atoms with E-state index in [1.54, 1.807) is 12.1 Å². The Bertz CT molecular complexity index is 655. The van der Waals surface area contributed by atoms with Gasteiger partial charge in [-0.15, -0.1) is 11.3 Å². The Kier molecular flexibility index (Phi) is 5.49. The van der Waals surface area contributed by atoms with E-state index in [1.807, 2.05) is 5.38 Å². The van der Waals surface area contributed by atoms with Gasteiger partial charge in [0.25, 0.3) is 0 Å². The van der Waals surface area contributed by atoms with Crippen LogP contribution in [0.15, 0.2) is 23.6 Å². The van der Waals surface area contributed by atoms with Crippen LogP contribution in [0.4, 0.5) is 15.2 Å². The van der Waals surface area contributed by atoms with Crippen LogP contribution in [-0.2, 0) is 4.79 Å². The molecule has 0 fully saturated rings. The number of hydrogen-bond acceptors (Lipinski definition) is 4. The maximum absolute atomic E-state index is 14.1. The second kappa shape index (κ2) is 7.35. The molecule has 1 aromatic heterocycles. The van der Waals surface area contributed by atoms with Gasteiger partial charge in [0.1, 0.15) is 5.82 Å². The predicted molar refractivity (Wildman–Crippen MR) is 89.8 cm³/mol. The molecule has 2 rings (SSSR count). The molecule has 2 N–H and O–H groups in total. The van der Waals surface area contributed by atoms with Gasteiger partial charge in [0, 0.05) is 30.1 Å². The minimum absolute atomic E-state index is 0.225. The number of hydrogen-bond donors (Lipinski definition) is 2. The van der Waals surface area contributed by atoms with E-state index in [0.29, 0.717) is 22.9 Å². The number of anilines is 2. The van der Waals surface area contributed by atoms with Crippen molar-refractivity contribution in [2.45, 2.75) is 27.2 Å². The summed E-state index contributed by atoms with van der Waals surface area (Å²) >= 11 is 1.46. The Morgan fingerprint density at radius 1 is 1.41 bits per heavy atom. The summed E-state index contributed by atoms with van der Waals surface area (Å²) in [5, 5.41) is 8.43. The Hall–Kier alpha value is -1.95. The maximum atomic E-state index is 14.1. The molecule has 2 aromatic rings. The summed E-state index contributed by atoms with van der Waals surface area (Å²) in [4.78, 5) is 15.4. The average molecular weight is 321 g/mol. The first-order valence-corrected chi connectivity index (χ1v) is 8.10. The van der Waals surface area contributed by atoms with Crippen LogP contribution in [0.25, 0.3) is 11.3 Å². The van der Waals surface area contributed by atoms with E-state index in [1.165, 1.54) is 24.3 Å². The summed E-state index contributed by atoms with van der Waals surface area (Å²) in [5.74, 6) is 0.00780. The molecule has 6 heteroatoms. The van der Waals surface area contributed by atoms with Crippen LogP contribution in [0.5, 0.6) is 0 Å². The monoisotopic (exact) mass is 321 g/mol. The third-order valence-electron chi connectivity index (χ3n) is 3.07. The van der Waals surface area contributed by atoms with E-state index in [2.05, 4.69) is 29.5 Å². The fourth-order valence-corrected chi connectivity index (χ4v) is 2.69. The van der Waals surface area contributed by atoms with Crippen molar-refractivity contribution in [2.75, 3.05) is 17.2 Å². The number of benzene rings is 1. The van der Waals surface area contributed by atoms with Crippen LogP contribution in [-0.4, -0.2) is 17.4 Å². The number of carbonyl (C=O) groups excluding carboxylic acids is 1. The molecule has 0 saturated carbocycles. The van der Waals surface area contributed by atoms with Gasteiger partial charge in [-0.1, -0.05) is 13.8 Å². The van der Waals surface area contributed by atoms with Crippen molar-refractivity contribution < 1.29 is 9.18 Å². The fraction of sp³-hybridized carbons (Fsp3) is 0.375. The predicted octanol–water partition coefficient (Wildman–Crippen LogP) is 4.37. The molecule has 0 aliphatic carbocycles. The summed E-state index contributed by atoms with van der Waals surface area (Å²) in [6.45, 7) is 6.58. The van der Waals surface area contributed by atoms with Gasteiger partial charge in [0.05, 0.1) is 5.69 Å². The lowest BCUT2D eigenvalue weighted by Gasteiger charge is -2.06. The molecule has 0 spiro atoms. The second-order valence-electron chi connectivity index (χ2n) is 5.52. The van der Waals surface area contributed by atoms with Gasteiger partial charge in [-0.3, -0.25) is 4.79 Å². The highest BCUT2D eigenvalue weighted by molar-refractivity contribution is 7.14. The van der Waals surface area contributed by atoms with Crippen LogP contribution >= 0.6 is 11.3 Å². The Balaban J connectivity index is 2.08. The molecule has 0 bridgehead atoms. The van der Waals surface area contributed by atoms with Crippen LogP contribution in [0.2, 0.25) is 0 Å². The molecule has 1 heterocycles. The number of rotatable bonds is 6. The van der Waals surface area contributed by atoms with Crippen LogP contribution in [0.1, 0.15) is 27.2 Å². The molecule has 0 atom stereocenters. The normalized spacial score (nSPS) is 10.8. The van der Waals surface area contributed by atoms with Crippen LogP contribution in [0, 0.1) is 11.7 Å². The molecule has 0 unspecified atom stereocenters. The second-order valence-corrected chi connectivity index (χ2v) is 6.38. The number of nitrogens with one attached hydrogen (secondary N) is 2. The smallest absolute Gasteiger partial charge is 0.221 e. The molecule has 0 aliphatic rings. The first kappa shape index (κ1) is 16.4. The molecule has 22 heavy (non-hydrogen) atoms. The highest BCUT2D eigenvalue weighted by Crippen LogP contribution is 2.28. The topological polar surface area (TPSA) is 54.0 Å². The average Bonchev–Trinajstić information content (AvgIpc) is 2.86. The molecule has 118 valence electrons. The third-order valence-corrected chi connectivity index (χ3v) is 3.87. The first-order chi connectivity index (χ1) is 10.5. The SMILES string of the molecule is CC(=O)Nc1ccc(-c2csc(NCCC(C)C)n2)c(F)c1. The summed E-state index contributed by atoms with van der Waals surface area (Å²) in [7, 11) is 0. The molecule has 0 saturated heterocycles. The van der Waals surface area contributed by atoms with E-state index in [0.717, 1.165) is 18.1 Å². The minimum Gasteiger partial charge on any atom is -0.361 e. The summed E-state index contributed by atoms with van der Waals surface area (Å²) in [5.41, 5.74) is 1.48. The number of amides is 1. The summed E-state index contributed by atoms with van der Waals surface area (Å²) < 4.78 is 14.1. The van der Waals surface area contributed by atoms with Gasteiger partial charge >= 0.3 is 0 Å². The zero-order chi connectivity index (χ0) is 16.1. The van der Waals surface area contributed by atoms with Crippen molar-refractivity contribution in [1.29, 1.82) is 0 Å². The largest absolute Gasteiger partial charge is 0.361 e. The number of nitrogens with zero attached hydrogens (tertiary/aromatic N) is 1. The molecule has 4 nitrogen and oxygen atoms in total. The number of carbonyl (C=O) groups is 1. The molecule has 0 aliphatic heterocycles. The van der Waals surface area contributed by atoms with Crippen molar-refractivity contribution in [1.82, 2.24) is 4.98 Å². The van der Waals surface area contributed by atoms with Gasteiger partial charge < -0.3 is 10.6 Å². The zero-order valence-electron chi connectivity index (χ0n) is 12.9. The zero-order valence-corrected chi connectivity index (χ0v) is 13.8. The molecule has 1 amide bonds. The van der Waals surface area contributed by atoms with Gasteiger partial charge in [0.2, 0.25) is 5.91 Å². The molecular formula is C16H20FN3OS. The highest BCUT2D eigenvalue weighted by atomic mass is 32.1. The number of halogens is 1. The lowest BCUT2D eigenvalue weighted by molar-refractivity contribution is -0.114. The lowest BCUT2D eigenvalue weighted by Crippen LogP contribution is -2.06. The van der Waals surface area contributed by atoms with E-state index in [-0.39, 0.29) is 5.91 Å². The minimum atomic E-state index is -0.398. The van der Waals surface area contributed by atoms with Crippen molar-refractivity contribution >= 4 is 28.1 Å². The molecule has 0 radical (unpaired) electrons. The maximum Gasteiger partial charge on any atom is 0.221 e. The standard InChI is InChI=1S/C16H20FN3OS/c1-10(2)6-7-18-16-20-15(9-22-16)13-5-4-12(8-14(13)17)19-11(3)21/h4-5,8-10H,6-7H2,1-3H3,(H,18,20)(H,19,21). The Morgan fingerprint density at radius 2 is 2.18 bits per heavy atom. The van der Waals surface area contributed by atoms with Gasteiger partial charge in [-0.05, 0) is 30.5 Å². The van der Waals surface area contributed by atoms with Crippen molar-refractivity contribution in [3.8, 4) is 11.3 Å². The van der Waals surface area contributed by atoms with E-state index in [4.69, 9.17) is 0 Å². The van der Waals surface area contributed by atoms with Crippen molar-refractivity contribution in [2.24, 2.45) is 5.92 Å². The third kappa shape index (κ3) is 4.53. The Labute approximate surface area is 133 Å². The highest BCUT2D eigenvalue weighted by Gasteiger charge is 2.10. The van der Waals surface area contributed by atoms with E-state index < -0.39 is 5.82 Å². The van der Waals surface area contributed by atoms with E-state index in [9.17, 15) is 9.18 Å². The lowest BCUT2D eigenvalue weighted by atomic mass is 10.1. The van der Waals surface area contributed by atoms with E-state index >= 15 is 0 Å². The van der Waals surface area contributed by atoms with Gasteiger partial charge in [-0.2, -0.15) is 0 Å². The van der Waals surface area contributed by atoms with Gasteiger partial charge in [0.15, 0.2) is 5.13 Å². The number of aromatic nitrogens is 1. The number of thiazole rings is 1. The summed E-state index contributed by atoms with van der Waals surface area (Å²) in [6.07, 6.45) is 1.06. The molecule has 1 aromatic carbocycles. The quantitative estimate of drug-likeness (QED) is 0.831. The van der Waals surface area contributed by atoms with Crippen LogP contribution < -0.4 is 10.6 Å². The fourth-order valence-electron chi connectivity index (χ4n) is 1.95. The first-order valence-electron chi connectivity index (χ1n) is 7.22. The molecular weight excluding hydrogens is 301 g/mol. The van der Waals surface area contributed by atoms with Crippen LogP contribution in [0.3, 0.4) is 0 Å². The van der Waals surface area contributed by atoms with Gasteiger partial charge in [-0.25, -0.2) is 9.37 Å². The summed E-state index contributed by atoms with van der Waals surface area (Å²) in [6, 6.07) is 4.61. The Morgan fingerprint density at radius 3 is 2.82 bits per heavy atom. The van der Waals surface area contributed by atoms with Crippen molar-refractivity contribution in [3.05, 3.63) is 29.4 Å².